The average molecular weight is 283 g/mol. The monoisotopic (exact) mass is 283 g/mol. The van der Waals surface area contributed by atoms with Gasteiger partial charge in [-0.2, -0.15) is 16.8 Å². The van der Waals surface area contributed by atoms with Crippen LogP contribution in [0.2, 0.25) is 0 Å². The Bertz CT molecular complexity index is 602. The van der Waals surface area contributed by atoms with Crippen molar-refractivity contribution in [2.75, 3.05) is 6.61 Å². The summed E-state index contributed by atoms with van der Waals surface area (Å²) in [5.41, 5.74) is 0.679. The van der Waals surface area contributed by atoms with Crippen LogP contribution in [0.15, 0.2) is 14.0 Å². The van der Waals surface area contributed by atoms with Gasteiger partial charge >= 0.3 is 20.5 Å². The molecule has 0 aliphatic carbocycles. The zero-order chi connectivity index (χ0) is 12.3. The molecule has 0 radical (unpaired) electrons. The minimum atomic E-state index is -4.13. The van der Waals surface area contributed by atoms with E-state index >= 15 is 0 Å². The first kappa shape index (κ1) is 13.3. The summed E-state index contributed by atoms with van der Waals surface area (Å²) < 4.78 is 45.8. The molecule has 0 spiro atoms. The molecule has 9 heteroatoms. The van der Waals surface area contributed by atoms with Gasteiger partial charge in [-0.1, -0.05) is 0 Å². The third kappa shape index (κ3) is 3.11. The molecule has 16 heavy (non-hydrogen) atoms. The van der Waals surface area contributed by atoms with E-state index in [4.69, 9.17) is 5.11 Å². The summed E-state index contributed by atoms with van der Waals surface area (Å²) in [5.74, 6) is 0. The zero-order valence-corrected chi connectivity index (χ0v) is 10.7. The van der Waals surface area contributed by atoms with Gasteiger partial charge in [-0.15, -0.1) is 11.3 Å². The number of sulfonamides is 1. The third-order valence-corrected chi connectivity index (χ3v) is 5.46. The largest absolute Gasteiger partial charge is 0.396 e. The fourth-order valence-electron chi connectivity index (χ4n) is 1.10. The SMILES string of the molecule is Cc1sc(S(=O)(=O)N=S(=O)=O)cc1CCO. The number of aliphatic hydroxyl groups excluding tert-OH is 1. The van der Waals surface area contributed by atoms with Crippen LogP contribution in [0.3, 0.4) is 0 Å². The van der Waals surface area contributed by atoms with Crippen LogP contribution in [-0.2, 0) is 26.9 Å². The minimum absolute atomic E-state index is 0.0955. The van der Waals surface area contributed by atoms with Gasteiger partial charge in [0.1, 0.15) is 4.21 Å². The lowest BCUT2D eigenvalue weighted by Gasteiger charge is -1.92. The maximum absolute atomic E-state index is 11.4. The van der Waals surface area contributed by atoms with E-state index in [0.29, 0.717) is 12.0 Å². The van der Waals surface area contributed by atoms with Gasteiger partial charge < -0.3 is 5.11 Å². The fourth-order valence-corrected chi connectivity index (χ4v) is 4.19. The Balaban J connectivity index is 3.26. The van der Waals surface area contributed by atoms with Gasteiger partial charge in [0.25, 0.3) is 0 Å². The molecule has 0 unspecified atom stereocenters. The van der Waals surface area contributed by atoms with Crippen molar-refractivity contribution >= 4 is 31.9 Å². The molecule has 1 rings (SSSR count). The van der Waals surface area contributed by atoms with Crippen LogP contribution in [0, 0.1) is 6.92 Å². The van der Waals surface area contributed by atoms with Crippen molar-refractivity contribution in [1.29, 1.82) is 0 Å². The first-order valence-electron chi connectivity index (χ1n) is 4.14. The van der Waals surface area contributed by atoms with Crippen LogP contribution < -0.4 is 0 Å². The number of rotatable bonds is 4. The van der Waals surface area contributed by atoms with Crippen LogP contribution in [0.1, 0.15) is 10.4 Å². The van der Waals surface area contributed by atoms with Crippen molar-refractivity contribution in [3.05, 3.63) is 16.5 Å². The van der Waals surface area contributed by atoms with Crippen LogP contribution in [-0.4, -0.2) is 28.5 Å². The van der Waals surface area contributed by atoms with Crippen molar-refractivity contribution in [1.82, 2.24) is 0 Å². The second-order valence-corrected chi connectivity index (χ2v) is 6.82. The highest BCUT2D eigenvalue weighted by molar-refractivity contribution is 7.95. The molecule has 1 aromatic rings. The summed E-state index contributed by atoms with van der Waals surface area (Å²) in [6.45, 7) is 1.60. The Labute approximate surface area is 98.3 Å². The van der Waals surface area contributed by atoms with Crippen LogP contribution in [0.5, 0.6) is 0 Å². The standard InChI is InChI=1S/C7H9NO5S3/c1-5-6(2-3-9)4-7(14-5)16(12,13)8-15(10)11/h4,9H,2-3H2,1H3. The number of nitrogens with zero attached hydrogens (tertiary/aromatic N) is 1. The molecule has 0 saturated carbocycles. The molecule has 0 saturated heterocycles. The van der Waals surface area contributed by atoms with Crippen molar-refractivity contribution in [2.24, 2.45) is 3.77 Å². The Kier molecular flexibility index (Phi) is 4.19. The van der Waals surface area contributed by atoms with Gasteiger partial charge in [0.2, 0.25) is 0 Å². The number of aliphatic hydroxyl groups is 1. The van der Waals surface area contributed by atoms with E-state index in [2.05, 4.69) is 3.77 Å². The molecule has 0 fully saturated rings. The number of thiophene rings is 1. The Morgan fingerprint density at radius 3 is 2.62 bits per heavy atom. The lowest BCUT2D eigenvalue weighted by molar-refractivity contribution is 0.299. The molecule has 0 aromatic carbocycles. The van der Waals surface area contributed by atoms with E-state index in [-0.39, 0.29) is 10.8 Å². The lowest BCUT2D eigenvalue weighted by Crippen LogP contribution is -1.93. The summed E-state index contributed by atoms with van der Waals surface area (Å²) >= 11 is 0.937. The smallest absolute Gasteiger partial charge is 0.327 e. The molecule has 0 bridgehead atoms. The molecule has 6 nitrogen and oxygen atoms in total. The highest BCUT2D eigenvalue weighted by atomic mass is 32.3. The molecule has 0 amide bonds. The van der Waals surface area contributed by atoms with E-state index in [9.17, 15) is 16.8 Å². The molecule has 90 valence electrons. The van der Waals surface area contributed by atoms with E-state index in [0.717, 1.165) is 16.2 Å². The molecular formula is C7H9NO5S3. The van der Waals surface area contributed by atoms with Gasteiger partial charge in [-0.05, 0) is 28.7 Å². The summed E-state index contributed by atoms with van der Waals surface area (Å²) in [6, 6.07) is 1.34. The molecule has 1 aromatic heterocycles. The molecule has 0 aliphatic rings. The summed E-state index contributed by atoms with van der Waals surface area (Å²) in [7, 11) is -7.12. The number of hydrogen-bond acceptors (Lipinski definition) is 6. The second kappa shape index (κ2) is 5.04. The number of hydrogen-bond donors (Lipinski definition) is 1. The van der Waals surface area contributed by atoms with E-state index in [1.165, 1.54) is 6.07 Å². The van der Waals surface area contributed by atoms with E-state index < -0.39 is 20.5 Å². The van der Waals surface area contributed by atoms with Crippen LogP contribution in [0.4, 0.5) is 0 Å². The predicted octanol–water partition coefficient (Wildman–Crippen LogP) is 0.343. The van der Waals surface area contributed by atoms with E-state index in [1.807, 2.05) is 0 Å². The highest BCUT2D eigenvalue weighted by Gasteiger charge is 2.18. The van der Waals surface area contributed by atoms with Gasteiger partial charge in [-0.3, -0.25) is 0 Å². The van der Waals surface area contributed by atoms with Crippen molar-refractivity contribution in [3.63, 3.8) is 0 Å². The van der Waals surface area contributed by atoms with Gasteiger partial charge in [0.15, 0.2) is 0 Å². The van der Waals surface area contributed by atoms with Crippen LogP contribution in [0.25, 0.3) is 0 Å². The molecule has 1 heterocycles. The van der Waals surface area contributed by atoms with Gasteiger partial charge in [0.05, 0.1) is 0 Å². The summed E-state index contributed by atoms with van der Waals surface area (Å²) in [5, 5.41) is 8.73. The minimum Gasteiger partial charge on any atom is -0.396 e. The first-order chi connectivity index (χ1) is 7.36. The van der Waals surface area contributed by atoms with Crippen molar-refractivity contribution in [2.45, 2.75) is 17.6 Å². The van der Waals surface area contributed by atoms with Gasteiger partial charge in [-0.25, -0.2) is 0 Å². The highest BCUT2D eigenvalue weighted by Crippen LogP contribution is 2.27. The molecular weight excluding hydrogens is 274 g/mol. The topological polar surface area (TPSA) is 101 Å². The predicted molar refractivity (Wildman–Crippen MR) is 58.4 cm³/mol. The van der Waals surface area contributed by atoms with Crippen molar-refractivity contribution < 1.29 is 21.9 Å². The Morgan fingerprint density at radius 1 is 1.50 bits per heavy atom. The normalized spacial score (nSPS) is 11.4. The van der Waals surface area contributed by atoms with E-state index in [1.54, 1.807) is 6.92 Å². The molecule has 0 atom stereocenters. The molecule has 0 aliphatic heterocycles. The second-order valence-electron chi connectivity index (χ2n) is 2.89. The van der Waals surface area contributed by atoms with Crippen LogP contribution >= 0.6 is 11.3 Å². The summed E-state index contributed by atoms with van der Waals surface area (Å²) in [6.07, 6.45) is 0.332. The number of aryl methyl sites for hydroxylation is 1. The maximum atomic E-state index is 11.4. The first-order valence-corrected chi connectivity index (χ1v) is 7.43. The molecule has 1 N–H and O–H groups in total. The Morgan fingerprint density at radius 2 is 2.12 bits per heavy atom. The van der Waals surface area contributed by atoms with Crippen molar-refractivity contribution in [3.8, 4) is 0 Å². The fraction of sp³-hybridized carbons (Fsp3) is 0.429. The third-order valence-electron chi connectivity index (χ3n) is 1.79. The lowest BCUT2D eigenvalue weighted by atomic mass is 10.2. The maximum Gasteiger partial charge on any atom is 0.327 e. The zero-order valence-electron chi connectivity index (χ0n) is 8.24. The quantitative estimate of drug-likeness (QED) is 0.858. The Hall–Kier alpha value is -0.770. The van der Waals surface area contributed by atoms with Gasteiger partial charge in [0, 0.05) is 11.5 Å². The average Bonchev–Trinajstić information content (AvgIpc) is 2.47. The summed E-state index contributed by atoms with van der Waals surface area (Å²) in [4.78, 5) is 0.722.